The van der Waals surface area contributed by atoms with E-state index in [1.165, 1.54) is 18.3 Å². The first-order valence-electron chi connectivity index (χ1n) is 4.63. The van der Waals surface area contributed by atoms with Crippen LogP contribution in [0.3, 0.4) is 0 Å². The summed E-state index contributed by atoms with van der Waals surface area (Å²) < 4.78 is 5.00. The first-order chi connectivity index (χ1) is 6.84. The zero-order valence-corrected chi connectivity index (χ0v) is 10.1. The van der Waals surface area contributed by atoms with Gasteiger partial charge >= 0.3 is 5.97 Å². The highest BCUT2D eigenvalue weighted by atomic mass is 32.1. The zero-order valence-electron chi connectivity index (χ0n) is 9.29. The molecule has 15 heavy (non-hydrogen) atoms. The third kappa shape index (κ3) is 2.65. The van der Waals surface area contributed by atoms with Crippen LogP contribution in [0.15, 0.2) is 11.4 Å². The molecule has 0 atom stereocenters. The number of aryl methyl sites for hydroxylation is 1. The molecule has 82 valence electrons. The molecule has 0 N–H and O–H groups in total. The summed E-state index contributed by atoms with van der Waals surface area (Å²) in [6.45, 7) is 6.38. The van der Waals surface area contributed by atoms with E-state index in [2.05, 4.69) is 0 Å². The van der Waals surface area contributed by atoms with Crippen LogP contribution in [0.25, 0.3) is 0 Å². The molecule has 1 aromatic heterocycles. The van der Waals surface area contributed by atoms with Gasteiger partial charge in [-0.15, -0.1) is 11.3 Å². The van der Waals surface area contributed by atoms with E-state index in [0.29, 0.717) is 4.88 Å². The number of thiophene rings is 1. The van der Waals surface area contributed by atoms with Crippen LogP contribution in [0.2, 0.25) is 0 Å². The monoisotopic (exact) mass is 226 g/mol. The molecular formula is C11H14O3S. The number of hydrogen-bond acceptors (Lipinski definition) is 4. The van der Waals surface area contributed by atoms with Crippen molar-refractivity contribution in [1.82, 2.24) is 0 Å². The van der Waals surface area contributed by atoms with E-state index in [1.54, 1.807) is 13.8 Å². The molecule has 0 aromatic carbocycles. The van der Waals surface area contributed by atoms with E-state index in [9.17, 15) is 9.59 Å². The van der Waals surface area contributed by atoms with Crippen molar-refractivity contribution in [3.63, 3.8) is 0 Å². The maximum Gasteiger partial charge on any atom is 0.303 e. The second-order valence-electron chi connectivity index (χ2n) is 3.87. The maximum absolute atomic E-state index is 12.0. The van der Waals surface area contributed by atoms with Gasteiger partial charge in [0, 0.05) is 6.92 Å². The zero-order chi connectivity index (χ0) is 11.6. The number of rotatable bonds is 3. The number of esters is 1. The largest absolute Gasteiger partial charge is 0.451 e. The molecule has 0 aliphatic carbocycles. The van der Waals surface area contributed by atoms with Crippen molar-refractivity contribution >= 4 is 23.1 Å². The van der Waals surface area contributed by atoms with Gasteiger partial charge in [-0.25, -0.2) is 0 Å². The van der Waals surface area contributed by atoms with E-state index < -0.39 is 11.6 Å². The topological polar surface area (TPSA) is 43.4 Å². The molecule has 4 heteroatoms. The second-order valence-corrected chi connectivity index (χ2v) is 4.78. The summed E-state index contributed by atoms with van der Waals surface area (Å²) >= 11 is 1.37. The van der Waals surface area contributed by atoms with Crippen LogP contribution in [0.4, 0.5) is 0 Å². The van der Waals surface area contributed by atoms with E-state index in [0.717, 1.165) is 5.56 Å². The minimum absolute atomic E-state index is 0.148. The van der Waals surface area contributed by atoms with E-state index >= 15 is 0 Å². The Balaban J connectivity index is 2.94. The van der Waals surface area contributed by atoms with Crippen LogP contribution in [0, 0.1) is 6.92 Å². The minimum Gasteiger partial charge on any atom is -0.451 e. The van der Waals surface area contributed by atoms with Crippen molar-refractivity contribution in [2.45, 2.75) is 33.3 Å². The first-order valence-corrected chi connectivity index (χ1v) is 5.51. The summed E-state index contributed by atoms with van der Waals surface area (Å²) in [4.78, 5) is 23.5. The molecule has 0 bridgehead atoms. The van der Waals surface area contributed by atoms with Gasteiger partial charge in [0.05, 0.1) is 4.88 Å². The Kier molecular flexibility index (Phi) is 3.29. The van der Waals surface area contributed by atoms with Gasteiger partial charge in [0.25, 0.3) is 0 Å². The smallest absolute Gasteiger partial charge is 0.303 e. The van der Waals surface area contributed by atoms with Crippen LogP contribution >= 0.6 is 11.3 Å². The fourth-order valence-corrected chi connectivity index (χ4v) is 2.30. The Bertz CT molecular complexity index is 390. The van der Waals surface area contributed by atoms with Crippen LogP contribution in [0.5, 0.6) is 0 Å². The Labute approximate surface area is 93.1 Å². The lowest BCUT2D eigenvalue weighted by atomic mass is 10.0. The molecular weight excluding hydrogens is 212 g/mol. The Morgan fingerprint density at radius 1 is 1.40 bits per heavy atom. The van der Waals surface area contributed by atoms with Crippen LogP contribution in [-0.2, 0) is 9.53 Å². The molecule has 0 saturated carbocycles. The van der Waals surface area contributed by atoms with Gasteiger partial charge in [0.2, 0.25) is 5.78 Å². The lowest BCUT2D eigenvalue weighted by Gasteiger charge is -2.22. The lowest BCUT2D eigenvalue weighted by molar-refractivity contribution is -0.149. The predicted molar refractivity (Wildman–Crippen MR) is 59.2 cm³/mol. The van der Waals surface area contributed by atoms with E-state index in [-0.39, 0.29) is 5.78 Å². The van der Waals surface area contributed by atoms with Crippen molar-refractivity contribution < 1.29 is 14.3 Å². The van der Waals surface area contributed by atoms with Gasteiger partial charge in [-0.05, 0) is 37.8 Å². The normalized spacial score (nSPS) is 11.2. The minimum atomic E-state index is -1.08. The Hall–Kier alpha value is -1.16. The highest BCUT2D eigenvalue weighted by molar-refractivity contribution is 7.12. The molecule has 0 amide bonds. The summed E-state index contributed by atoms with van der Waals surface area (Å²) in [6.07, 6.45) is 0. The lowest BCUT2D eigenvalue weighted by Crippen LogP contribution is -2.36. The van der Waals surface area contributed by atoms with E-state index in [1.807, 2.05) is 18.4 Å². The van der Waals surface area contributed by atoms with Gasteiger partial charge in [0.1, 0.15) is 0 Å². The van der Waals surface area contributed by atoms with Crippen LogP contribution < -0.4 is 0 Å². The summed E-state index contributed by atoms with van der Waals surface area (Å²) in [5.74, 6) is -0.590. The number of Topliss-reactive ketones (excluding diaryl/α,β-unsaturated/α-hetero) is 1. The highest BCUT2D eigenvalue weighted by Crippen LogP contribution is 2.24. The fraction of sp³-hybridized carbons (Fsp3) is 0.455. The standard InChI is InChI=1S/C11H14O3S/c1-7-5-6-15-9(7)10(13)11(3,4)14-8(2)12/h5-6H,1-4H3. The summed E-state index contributed by atoms with van der Waals surface area (Å²) in [6, 6.07) is 1.88. The van der Waals surface area contributed by atoms with Gasteiger partial charge in [-0.3, -0.25) is 9.59 Å². The predicted octanol–water partition coefficient (Wildman–Crippen LogP) is 2.58. The molecule has 0 spiro atoms. The first kappa shape index (κ1) is 11.9. The SMILES string of the molecule is CC(=O)OC(C)(C)C(=O)c1sccc1C. The summed E-state index contributed by atoms with van der Waals surface area (Å²) in [7, 11) is 0. The van der Waals surface area contributed by atoms with Crippen molar-refractivity contribution in [1.29, 1.82) is 0 Å². The Morgan fingerprint density at radius 2 is 2.00 bits per heavy atom. The van der Waals surface area contributed by atoms with Crippen molar-refractivity contribution in [3.8, 4) is 0 Å². The number of carbonyl (C=O) groups is 2. The molecule has 0 aliphatic rings. The molecule has 0 aliphatic heterocycles. The molecule has 0 radical (unpaired) electrons. The molecule has 0 saturated heterocycles. The van der Waals surface area contributed by atoms with Gasteiger partial charge in [-0.1, -0.05) is 0 Å². The summed E-state index contributed by atoms with van der Waals surface area (Å²) in [5.41, 5.74) is -0.160. The average Bonchev–Trinajstić information content (AvgIpc) is 2.47. The second kappa shape index (κ2) is 4.14. The molecule has 1 heterocycles. The van der Waals surface area contributed by atoms with Crippen LogP contribution in [0.1, 0.15) is 36.0 Å². The third-order valence-electron chi connectivity index (χ3n) is 2.01. The van der Waals surface area contributed by atoms with Gasteiger partial charge in [0.15, 0.2) is 5.60 Å². The molecule has 1 rings (SSSR count). The number of hydrogen-bond donors (Lipinski definition) is 0. The van der Waals surface area contributed by atoms with Crippen LogP contribution in [-0.4, -0.2) is 17.4 Å². The highest BCUT2D eigenvalue weighted by Gasteiger charge is 2.33. The maximum atomic E-state index is 12.0. The fourth-order valence-electron chi connectivity index (χ4n) is 1.28. The quantitative estimate of drug-likeness (QED) is 0.587. The molecule has 3 nitrogen and oxygen atoms in total. The van der Waals surface area contributed by atoms with Crippen molar-refractivity contribution in [2.24, 2.45) is 0 Å². The molecule has 0 unspecified atom stereocenters. The van der Waals surface area contributed by atoms with Crippen molar-refractivity contribution in [2.75, 3.05) is 0 Å². The van der Waals surface area contributed by atoms with Gasteiger partial charge < -0.3 is 4.74 Å². The van der Waals surface area contributed by atoms with Crippen molar-refractivity contribution in [3.05, 3.63) is 21.9 Å². The number of ether oxygens (including phenoxy) is 1. The number of carbonyl (C=O) groups excluding carboxylic acids is 2. The third-order valence-corrected chi connectivity index (χ3v) is 3.03. The average molecular weight is 226 g/mol. The van der Waals surface area contributed by atoms with Gasteiger partial charge in [-0.2, -0.15) is 0 Å². The molecule has 1 aromatic rings. The molecule has 0 fully saturated rings. The number of ketones is 1. The van der Waals surface area contributed by atoms with E-state index in [4.69, 9.17) is 4.74 Å². The Morgan fingerprint density at radius 3 is 2.40 bits per heavy atom. The summed E-state index contributed by atoms with van der Waals surface area (Å²) in [5, 5.41) is 1.85.